The Hall–Kier alpha value is -3.07. The number of fused-ring (bicyclic) bond motifs is 2. The molecule has 0 aliphatic carbocycles. The summed E-state index contributed by atoms with van der Waals surface area (Å²) < 4.78 is 7.24. The van der Waals surface area contributed by atoms with Crippen LogP contribution >= 0.6 is 11.8 Å². The maximum Gasteiger partial charge on any atom is 0.265 e. The zero-order chi connectivity index (χ0) is 18.3. The van der Waals surface area contributed by atoms with Gasteiger partial charge in [0.25, 0.3) is 5.91 Å². The number of hydrogen-bond donors (Lipinski definition) is 2. The van der Waals surface area contributed by atoms with Gasteiger partial charge in [0.1, 0.15) is 5.75 Å². The number of ketones is 1. The maximum atomic E-state index is 12.5. The van der Waals surface area contributed by atoms with E-state index < -0.39 is 6.10 Å². The molecule has 1 atom stereocenters. The van der Waals surface area contributed by atoms with Gasteiger partial charge in [-0.15, -0.1) is 10.2 Å². The number of nitrogens with one attached hydrogen (secondary N) is 1. The Morgan fingerprint density at radius 1 is 1.35 bits per heavy atom. The lowest BCUT2D eigenvalue weighted by Crippen LogP contribution is -2.34. The molecule has 3 heterocycles. The Morgan fingerprint density at radius 3 is 3.04 bits per heavy atom. The van der Waals surface area contributed by atoms with E-state index in [1.807, 2.05) is 0 Å². The molecule has 3 N–H and O–H groups in total. The highest BCUT2D eigenvalue weighted by atomic mass is 32.2. The molecule has 0 saturated heterocycles. The van der Waals surface area contributed by atoms with E-state index in [2.05, 4.69) is 15.5 Å². The van der Waals surface area contributed by atoms with Crippen molar-refractivity contribution in [3.63, 3.8) is 0 Å². The Bertz CT molecular complexity index is 1030. The van der Waals surface area contributed by atoms with Crippen molar-refractivity contribution in [2.45, 2.75) is 18.2 Å². The summed E-state index contributed by atoms with van der Waals surface area (Å²) in [4.78, 5) is 24.2. The molecular weight excluding hydrogens is 354 g/mol. The molecule has 26 heavy (non-hydrogen) atoms. The van der Waals surface area contributed by atoms with Gasteiger partial charge in [0, 0.05) is 17.4 Å². The van der Waals surface area contributed by atoms with Crippen molar-refractivity contribution in [2.24, 2.45) is 0 Å². The number of Topliss-reactive ketones (excluding diaryl/α,β-unsaturated/α-hetero) is 1. The molecule has 8 nitrogen and oxygen atoms in total. The van der Waals surface area contributed by atoms with Gasteiger partial charge < -0.3 is 15.8 Å². The lowest BCUT2D eigenvalue weighted by Gasteiger charge is -2.23. The van der Waals surface area contributed by atoms with Gasteiger partial charge in [0.2, 0.25) is 0 Å². The number of nitrogens with two attached hydrogens (primary N) is 1. The zero-order valence-corrected chi connectivity index (χ0v) is 14.6. The van der Waals surface area contributed by atoms with Crippen molar-refractivity contribution in [1.29, 1.82) is 0 Å². The van der Waals surface area contributed by atoms with Crippen LogP contribution in [0.25, 0.3) is 5.65 Å². The summed E-state index contributed by atoms with van der Waals surface area (Å²) >= 11 is 1.27. The molecule has 4 rings (SSSR count). The summed E-state index contributed by atoms with van der Waals surface area (Å²) in [6, 6.07) is 8.51. The van der Waals surface area contributed by atoms with E-state index >= 15 is 0 Å². The second-order valence-electron chi connectivity index (χ2n) is 5.85. The van der Waals surface area contributed by atoms with E-state index in [4.69, 9.17) is 10.5 Å². The SMILES string of the molecule is CC1Oc2ccc(C(=O)CSc3nnc4ccc(N)cn34)cc2NC1=O. The third kappa shape index (κ3) is 2.97. The molecule has 1 amide bonds. The molecule has 0 saturated carbocycles. The highest BCUT2D eigenvalue weighted by Crippen LogP contribution is 2.31. The smallest absolute Gasteiger partial charge is 0.265 e. The van der Waals surface area contributed by atoms with Crippen LogP contribution < -0.4 is 15.8 Å². The molecule has 9 heteroatoms. The van der Waals surface area contributed by atoms with Gasteiger partial charge in [-0.05, 0) is 37.3 Å². The van der Waals surface area contributed by atoms with Gasteiger partial charge >= 0.3 is 0 Å². The normalized spacial score (nSPS) is 16.0. The number of carbonyl (C=O) groups is 2. The first kappa shape index (κ1) is 16.4. The number of anilines is 2. The van der Waals surface area contributed by atoms with Crippen LogP contribution in [-0.4, -0.2) is 38.1 Å². The summed E-state index contributed by atoms with van der Waals surface area (Å²) in [5.41, 5.74) is 8.03. The number of benzene rings is 1. The van der Waals surface area contributed by atoms with Gasteiger partial charge in [-0.25, -0.2) is 0 Å². The number of aromatic nitrogens is 3. The molecule has 1 aliphatic heterocycles. The molecule has 1 aliphatic rings. The fourth-order valence-electron chi connectivity index (χ4n) is 2.58. The lowest BCUT2D eigenvalue weighted by molar-refractivity contribution is -0.122. The second kappa shape index (κ2) is 6.34. The summed E-state index contributed by atoms with van der Waals surface area (Å²) in [6.07, 6.45) is 1.17. The van der Waals surface area contributed by atoms with Crippen LogP contribution in [0.5, 0.6) is 5.75 Å². The van der Waals surface area contributed by atoms with Crippen molar-refractivity contribution < 1.29 is 14.3 Å². The molecule has 2 aromatic heterocycles. The topological polar surface area (TPSA) is 112 Å². The summed E-state index contributed by atoms with van der Waals surface area (Å²) in [6.45, 7) is 1.67. The molecule has 3 aromatic rings. The third-order valence-corrected chi connectivity index (χ3v) is 4.90. The van der Waals surface area contributed by atoms with Crippen LogP contribution in [0.15, 0.2) is 41.7 Å². The first-order valence-electron chi connectivity index (χ1n) is 7.89. The zero-order valence-electron chi connectivity index (χ0n) is 13.8. The molecular formula is C17H15N5O3S. The predicted molar refractivity (Wildman–Crippen MR) is 97.6 cm³/mol. The quantitative estimate of drug-likeness (QED) is 0.534. The van der Waals surface area contributed by atoms with E-state index in [0.29, 0.717) is 33.5 Å². The fraction of sp³-hybridized carbons (Fsp3) is 0.176. The Morgan fingerprint density at radius 2 is 2.19 bits per heavy atom. The van der Waals surface area contributed by atoms with Gasteiger partial charge in [0.05, 0.1) is 11.4 Å². The maximum absolute atomic E-state index is 12.5. The van der Waals surface area contributed by atoms with Crippen LogP contribution in [0.3, 0.4) is 0 Å². The van der Waals surface area contributed by atoms with Crippen molar-refractivity contribution >= 4 is 40.5 Å². The number of pyridine rings is 1. The second-order valence-corrected chi connectivity index (χ2v) is 6.79. The number of ether oxygens (including phenoxy) is 1. The standard InChI is InChI=1S/C17H15N5O3S/c1-9-16(24)19-12-6-10(2-4-14(12)25-9)13(23)8-26-17-21-20-15-5-3-11(18)7-22(15)17/h2-7,9H,8,18H2,1H3,(H,19,24). The molecule has 0 spiro atoms. The average Bonchev–Trinajstić information content (AvgIpc) is 3.02. The minimum atomic E-state index is -0.548. The predicted octanol–water partition coefficient (Wildman–Crippen LogP) is 2.01. The van der Waals surface area contributed by atoms with Gasteiger partial charge in [-0.3, -0.25) is 14.0 Å². The van der Waals surface area contributed by atoms with E-state index in [1.165, 1.54) is 11.8 Å². The van der Waals surface area contributed by atoms with Crippen LogP contribution in [0, 0.1) is 0 Å². The fourth-order valence-corrected chi connectivity index (χ4v) is 3.39. The van der Waals surface area contributed by atoms with Gasteiger partial charge in [-0.2, -0.15) is 0 Å². The average molecular weight is 369 g/mol. The van der Waals surface area contributed by atoms with Crippen LogP contribution in [0.4, 0.5) is 11.4 Å². The van der Waals surface area contributed by atoms with Crippen molar-refractivity contribution in [3.8, 4) is 5.75 Å². The van der Waals surface area contributed by atoms with E-state index in [1.54, 1.807) is 47.9 Å². The third-order valence-electron chi connectivity index (χ3n) is 3.96. The van der Waals surface area contributed by atoms with E-state index in [9.17, 15) is 9.59 Å². The van der Waals surface area contributed by atoms with Crippen molar-refractivity contribution in [1.82, 2.24) is 14.6 Å². The van der Waals surface area contributed by atoms with Gasteiger partial charge in [-0.1, -0.05) is 11.8 Å². The first-order valence-corrected chi connectivity index (χ1v) is 8.87. The largest absolute Gasteiger partial charge is 0.479 e. The number of amides is 1. The molecule has 0 radical (unpaired) electrons. The van der Waals surface area contributed by atoms with Crippen molar-refractivity contribution in [2.75, 3.05) is 16.8 Å². The number of nitrogen functional groups attached to an aromatic ring is 1. The van der Waals surface area contributed by atoms with E-state index in [0.717, 1.165) is 0 Å². The molecule has 0 fully saturated rings. The minimum absolute atomic E-state index is 0.0914. The summed E-state index contributed by atoms with van der Waals surface area (Å²) in [5.74, 6) is 0.412. The van der Waals surface area contributed by atoms with Crippen LogP contribution in [-0.2, 0) is 4.79 Å². The Labute approximate surface area is 152 Å². The first-order chi connectivity index (χ1) is 12.5. The van der Waals surface area contributed by atoms with Crippen LogP contribution in [0.1, 0.15) is 17.3 Å². The number of hydrogen-bond acceptors (Lipinski definition) is 7. The van der Waals surface area contributed by atoms with Crippen molar-refractivity contribution in [3.05, 3.63) is 42.1 Å². The number of rotatable bonds is 4. The van der Waals surface area contributed by atoms with Gasteiger partial charge in [0.15, 0.2) is 22.7 Å². The number of thioether (sulfide) groups is 1. The van der Waals surface area contributed by atoms with E-state index in [-0.39, 0.29) is 17.4 Å². The lowest BCUT2D eigenvalue weighted by atomic mass is 10.1. The number of carbonyl (C=O) groups excluding carboxylic acids is 2. The molecule has 1 aromatic carbocycles. The van der Waals surface area contributed by atoms with Crippen LogP contribution in [0.2, 0.25) is 0 Å². The molecule has 0 bridgehead atoms. The Balaban J connectivity index is 1.51. The minimum Gasteiger partial charge on any atom is -0.479 e. The Kier molecular flexibility index (Phi) is 4.00. The summed E-state index contributed by atoms with van der Waals surface area (Å²) in [5, 5.41) is 11.5. The monoisotopic (exact) mass is 369 g/mol. The molecule has 132 valence electrons. The number of nitrogens with zero attached hydrogens (tertiary/aromatic N) is 3. The highest BCUT2D eigenvalue weighted by molar-refractivity contribution is 7.99. The highest BCUT2D eigenvalue weighted by Gasteiger charge is 2.24. The molecule has 1 unspecified atom stereocenters. The summed E-state index contributed by atoms with van der Waals surface area (Å²) in [7, 11) is 0.